The molecule has 0 amide bonds. The molecule has 0 radical (unpaired) electrons. The summed E-state index contributed by atoms with van der Waals surface area (Å²) in [5.74, 6) is 0. The third kappa shape index (κ3) is 1.78. The van der Waals surface area contributed by atoms with Crippen molar-refractivity contribution in [2.24, 2.45) is 5.41 Å². The molecule has 1 atom stereocenters. The monoisotopic (exact) mass is 167 g/mol. The third-order valence-electron chi connectivity index (χ3n) is 3.02. The van der Waals surface area contributed by atoms with Crippen molar-refractivity contribution in [2.45, 2.75) is 51.6 Å². The Balaban J connectivity index is 2.70. The molecule has 0 aromatic heterocycles. The van der Waals surface area contributed by atoms with Gasteiger partial charge >= 0.3 is 0 Å². The normalized spacial score (nSPS) is 25.4. The minimum absolute atomic E-state index is 0.434. The van der Waals surface area contributed by atoms with Crippen LogP contribution in [0.5, 0.6) is 0 Å². The van der Waals surface area contributed by atoms with Crippen LogP contribution in [0, 0.1) is 16.7 Å². The van der Waals surface area contributed by atoms with E-state index >= 15 is 0 Å². The van der Waals surface area contributed by atoms with Gasteiger partial charge in [0.2, 0.25) is 0 Å². The summed E-state index contributed by atoms with van der Waals surface area (Å²) in [7, 11) is 0. The molecule has 0 aromatic rings. The highest BCUT2D eigenvalue weighted by Crippen LogP contribution is 2.37. The molecule has 2 heteroatoms. The Morgan fingerprint density at radius 1 is 1.25 bits per heavy atom. The van der Waals surface area contributed by atoms with Gasteiger partial charge in [-0.2, -0.15) is 5.26 Å². The molecule has 0 spiro atoms. The van der Waals surface area contributed by atoms with Crippen LogP contribution in [0.1, 0.15) is 45.4 Å². The molecule has 1 fully saturated rings. The van der Waals surface area contributed by atoms with Crippen molar-refractivity contribution < 1.29 is 5.11 Å². The first-order chi connectivity index (χ1) is 5.71. The standard InChI is InChI=1S/C10H17NO/c1-9(12)10(8-11)6-4-2-3-5-7-10/h9,12H,2-7H2,1H3. The third-order valence-corrected chi connectivity index (χ3v) is 3.02. The van der Waals surface area contributed by atoms with Crippen molar-refractivity contribution in [1.82, 2.24) is 0 Å². The lowest BCUT2D eigenvalue weighted by Gasteiger charge is -2.27. The van der Waals surface area contributed by atoms with E-state index in [1.165, 1.54) is 12.8 Å². The van der Waals surface area contributed by atoms with Crippen molar-refractivity contribution in [3.63, 3.8) is 0 Å². The second-order valence-corrected chi connectivity index (χ2v) is 3.86. The fourth-order valence-electron chi connectivity index (χ4n) is 1.98. The molecule has 1 aliphatic rings. The van der Waals surface area contributed by atoms with Crippen molar-refractivity contribution in [3.05, 3.63) is 0 Å². The van der Waals surface area contributed by atoms with E-state index < -0.39 is 11.5 Å². The molecule has 1 N–H and O–H groups in total. The summed E-state index contributed by atoms with van der Waals surface area (Å²) in [6.07, 6.45) is 5.91. The lowest BCUT2D eigenvalue weighted by Crippen LogP contribution is -2.30. The van der Waals surface area contributed by atoms with Gasteiger partial charge in [-0.25, -0.2) is 0 Å². The SMILES string of the molecule is CC(O)C1(C#N)CCCCCC1. The second kappa shape index (κ2) is 3.91. The lowest BCUT2D eigenvalue weighted by molar-refractivity contribution is 0.0683. The zero-order chi connectivity index (χ0) is 9.03. The average Bonchev–Trinajstić information content (AvgIpc) is 2.29. The van der Waals surface area contributed by atoms with Gasteiger partial charge in [-0.15, -0.1) is 0 Å². The number of nitrogens with zero attached hydrogens (tertiary/aromatic N) is 1. The molecule has 1 saturated carbocycles. The van der Waals surface area contributed by atoms with Gasteiger partial charge in [-0.3, -0.25) is 0 Å². The van der Waals surface area contributed by atoms with Crippen molar-refractivity contribution >= 4 is 0 Å². The topological polar surface area (TPSA) is 44.0 Å². The molecule has 0 saturated heterocycles. The molecule has 0 bridgehead atoms. The predicted octanol–water partition coefficient (Wildman–Crippen LogP) is 2.23. The quantitative estimate of drug-likeness (QED) is 0.608. The maximum Gasteiger partial charge on any atom is 0.0829 e. The minimum atomic E-state index is -0.472. The Hall–Kier alpha value is -0.550. The summed E-state index contributed by atoms with van der Waals surface area (Å²) in [6, 6.07) is 2.31. The van der Waals surface area contributed by atoms with Gasteiger partial charge in [-0.1, -0.05) is 25.7 Å². The fraction of sp³-hybridized carbons (Fsp3) is 0.900. The largest absolute Gasteiger partial charge is 0.392 e. The van der Waals surface area contributed by atoms with Gasteiger partial charge in [0, 0.05) is 0 Å². The van der Waals surface area contributed by atoms with Crippen LogP contribution in [-0.2, 0) is 0 Å². The van der Waals surface area contributed by atoms with Gasteiger partial charge in [0.05, 0.1) is 17.6 Å². The summed E-state index contributed by atoms with van der Waals surface area (Å²) in [5.41, 5.74) is -0.434. The summed E-state index contributed by atoms with van der Waals surface area (Å²) in [5, 5.41) is 18.6. The van der Waals surface area contributed by atoms with E-state index in [2.05, 4.69) is 6.07 Å². The van der Waals surface area contributed by atoms with E-state index in [-0.39, 0.29) is 0 Å². The smallest absolute Gasteiger partial charge is 0.0829 e. The van der Waals surface area contributed by atoms with Crippen LogP contribution in [0.2, 0.25) is 0 Å². The maximum absolute atomic E-state index is 9.53. The van der Waals surface area contributed by atoms with Crippen LogP contribution in [0.25, 0.3) is 0 Å². The highest BCUT2D eigenvalue weighted by Gasteiger charge is 2.35. The first-order valence-electron chi connectivity index (χ1n) is 4.80. The van der Waals surface area contributed by atoms with E-state index in [4.69, 9.17) is 5.26 Å². The van der Waals surface area contributed by atoms with E-state index in [0.717, 1.165) is 25.7 Å². The zero-order valence-electron chi connectivity index (χ0n) is 7.71. The van der Waals surface area contributed by atoms with Crippen LogP contribution in [0.15, 0.2) is 0 Å². The summed E-state index contributed by atoms with van der Waals surface area (Å²) < 4.78 is 0. The van der Waals surface area contributed by atoms with E-state index in [0.29, 0.717) is 0 Å². The van der Waals surface area contributed by atoms with Crippen molar-refractivity contribution in [1.29, 1.82) is 5.26 Å². The van der Waals surface area contributed by atoms with Crippen molar-refractivity contribution in [2.75, 3.05) is 0 Å². The van der Waals surface area contributed by atoms with Crippen LogP contribution < -0.4 is 0 Å². The van der Waals surface area contributed by atoms with E-state index in [9.17, 15) is 5.11 Å². The highest BCUT2D eigenvalue weighted by molar-refractivity contribution is 5.02. The Morgan fingerprint density at radius 3 is 2.08 bits per heavy atom. The molecule has 2 nitrogen and oxygen atoms in total. The number of aliphatic hydroxyl groups excluding tert-OH is 1. The molecular formula is C10H17NO. The summed E-state index contributed by atoms with van der Waals surface area (Å²) in [6.45, 7) is 1.74. The zero-order valence-corrected chi connectivity index (χ0v) is 7.71. The van der Waals surface area contributed by atoms with Gasteiger partial charge in [0.25, 0.3) is 0 Å². The Labute approximate surface area is 74.2 Å². The highest BCUT2D eigenvalue weighted by atomic mass is 16.3. The Morgan fingerprint density at radius 2 is 1.75 bits per heavy atom. The molecule has 0 aliphatic heterocycles. The molecule has 1 aliphatic carbocycles. The molecule has 1 rings (SSSR count). The first kappa shape index (κ1) is 9.54. The lowest BCUT2D eigenvalue weighted by atomic mass is 9.77. The van der Waals surface area contributed by atoms with Crippen LogP contribution in [0.3, 0.4) is 0 Å². The number of aliphatic hydroxyl groups is 1. The number of hydrogen-bond donors (Lipinski definition) is 1. The minimum Gasteiger partial charge on any atom is -0.392 e. The fourth-order valence-corrected chi connectivity index (χ4v) is 1.98. The van der Waals surface area contributed by atoms with Gasteiger partial charge < -0.3 is 5.11 Å². The van der Waals surface area contributed by atoms with Gasteiger partial charge in [0.1, 0.15) is 0 Å². The maximum atomic E-state index is 9.53. The average molecular weight is 167 g/mol. The Bertz CT molecular complexity index is 173. The Kier molecular flexibility index (Phi) is 3.11. The molecule has 0 heterocycles. The van der Waals surface area contributed by atoms with Crippen LogP contribution in [-0.4, -0.2) is 11.2 Å². The molecule has 68 valence electrons. The van der Waals surface area contributed by atoms with Crippen LogP contribution in [0.4, 0.5) is 0 Å². The molecular weight excluding hydrogens is 150 g/mol. The summed E-state index contributed by atoms with van der Waals surface area (Å²) >= 11 is 0. The second-order valence-electron chi connectivity index (χ2n) is 3.86. The molecule has 0 aromatic carbocycles. The van der Waals surface area contributed by atoms with Crippen molar-refractivity contribution in [3.8, 4) is 6.07 Å². The first-order valence-corrected chi connectivity index (χ1v) is 4.80. The number of hydrogen-bond acceptors (Lipinski definition) is 2. The predicted molar refractivity (Wildman–Crippen MR) is 47.4 cm³/mol. The number of nitriles is 1. The van der Waals surface area contributed by atoms with Gasteiger partial charge in [-0.05, 0) is 19.8 Å². The van der Waals surface area contributed by atoms with Gasteiger partial charge in [0.15, 0.2) is 0 Å². The molecule has 12 heavy (non-hydrogen) atoms. The molecule has 1 unspecified atom stereocenters. The van der Waals surface area contributed by atoms with E-state index in [1.54, 1.807) is 6.92 Å². The number of rotatable bonds is 1. The van der Waals surface area contributed by atoms with E-state index in [1.807, 2.05) is 0 Å². The summed E-state index contributed by atoms with van der Waals surface area (Å²) in [4.78, 5) is 0. The van der Waals surface area contributed by atoms with Crippen LogP contribution >= 0.6 is 0 Å².